The third-order valence-electron chi connectivity index (χ3n) is 2.96. The van der Waals surface area contributed by atoms with Crippen molar-refractivity contribution in [1.29, 1.82) is 0 Å². The van der Waals surface area contributed by atoms with Gasteiger partial charge in [-0.05, 0) is 25.8 Å². The number of methoxy groups -OCH3 is 1. The molecule has 0 amide bonds. The van der Waals surface area contributed by atoms with E-state index < -0.39 is 0 Å². The summed E-state index contributed by atoms with van der Waals surface area (Å²) >= 11 is 0. The second-order valence-corrected chi connectivity index (χ2v) is 4.24. The first-order valence-electron chi connectivity index (χ1n) is 6.56. The van der Waals surface area contributed by atoms with E-state index in [0.717, 1.165) is 25.8 Å². The van der Waals surface area contributed by atoms with Crippen LogP contribution in [0.2, 0.25) is 0 Å². The maximum absolute atomic E-state index is 11.6. The van der Waals surface area contributed by atoms with Crippen LogP contribution in [-0.2, 0) is 6.54 Å². The molecule has 0 fully saturated rings. The molecule has 1 rings (SSSR count). The normalized spacial score (nSPS) is 12.4. The van der Waals surface area contributed by atoms with E-state index in [-0.39, 0.29) is 5.56 Å². The highest BCUT2D eigenvalue weighted by atomic mass is 16.5. The lowest BCUT2D eigenvalue weighted by atomic mass is 10.1. The second kappa shape index (κ2) is 7.87. The Hall–Kier alpha value is -1.36. The van der Waals surface area contributed by atoms with E-state index in [9.17, 15) is 4.79 Å². The van der Waals surface area contributed by atoms with E-state index >= 15 is 0 Å². The smallest absolute Gasteiger partial charge is 0.266 e. The molecule has 1 unspecified atom stereocenters. The Balaban J connectivity index is 2.50. The van der Waals surface area contributed by atoms with Crippen LogP contribution in [0.5, 0.6) is 5.88 Å². The molecular formula is C13H23N3O2. The van der Waals surface area contributed by atoms with E-state index in [1.807, 2.05) is 0 Å². The highest BCUT2D eigenvalue weighted by Gasteiger charge is 2.05. The lowest BCUT2D eigenvalue weighted by Gasteiger charge is -2.15. The maximum atomic E-state index is 11.6. The number of ether oxygens (including phenoxy) is 1. The zero-order valence-electron chi connectivity index (χ0n) is 11.5. The zero-order chi connectivity index (χ0) is 13.4. The standard InChI is InChI=1S/C13H23N3O2/c1-4-11(14-5-2)7-6-10-16-13(17)9-8-12(15-16)18-3/h8-9,11,14H,4-7,10H2,1-3H3. The first-order chi connectivity index (χ1) is 8.71. The quantitative estimate of drug-likeness (QED) is 0.761. The molecule has 102 valence electrons. The zero-order valence-corrected chi connectivity index (χ0v) is 11.5. The van der Waals surface area contributed by atoms with Gasteiger partial charge in [-0.15, -0.1) is 5.10 Å². The highest BCUT2D eigenvalue weighted by Crippen LogP contribution is 2.04. The average Bonchev–Trinajstić information content (AvgIpc) is 2.39. The average molecular weight is 253 g/mol. The Morgan fingerprint density at radius 3 is 2.83 bits per heavy atom. The number of hydrogen-bond acceptors (Lipinski definition) is 4. The van der Waals surface area contributed by atoms with Crippen molar-refractivity contribution in [2.24, 2.45) is 0 Å². The Kier molecular flexibility index (Phi) is 6.43. The summed E-state index contributed by atoms with van der Waals surface area (Å²) in [6.07, 6.45) is 3.09. The molecule has 0 saturated carbocycles. The Morgan fingerprint density at radius 1 is 1.44 bits per heavy atom. The van der Waals surface area contributed by atoms with Gasteiger partial charge in [-0.2, -0.15) is 0 Å². The molecule has 5 nitrogen and oxygen atoms in total. The Morgan fingerprint density at radius 2 is 2.22 bits per heavy atom. The van der Waals surface area contributed by atoms with Gasteiger partial charge in [0.1, 0.15) is 0 Å². The van der Waals surface area contributed by atoms with E-state index in [1.54, 1.807) is 13.2 Å². The van der Waals surface area contributed by atoms with Crippen LogP contribution in [0.15, 0.2) is 16.9 Å². The number of aryl methyl sites for hydroxylation is 1. The second-order valence-electron chi connectivity index (χ2n) is 4.24. The van der Waals surface area contributed by atoms with Crippen LogP contribution in [0.1, 0.15) is 33.1 Å². The number of aromatic nitrogens is 2. The summed E-state index contributed by atoms with van der Waals surface area (Å²) in [5.74, 6) is 0.480. The van der Waals surface area contributed by atoms with Crippen molar-refractivity contribution in [3.63, 3.8) is 0 Å². The van der Waals surface area contributed by atoms with Crippen molar-refractivity contribution in [2.75, 3.05) is 13.7 Å². The fourth-order valence-electron chi connectivity index (χ4n) is 1.93. The molecule has 1 heterocycles. The van der Waals surface area contributed by atoms with Crippen molar-refractivity contribution in [2.45, 2.75) is 45.7 Å². The highest BCUT2D eigenvalue weighted by molar-refractivity contribution is 5.05. The summed E-state index contributed by atoms with van der Waals surface area (Å²) in [6.45, 7) is 5.90. The molecule has 0 aromatic carbocycles. The first kappa shape index (κ1) is 14.7. The predicted molar refractivity (Wildman–Crippen MR) is 72.0 cm³/mol. The van der Waals surface area contributed by atoms with Gasteiger partial charge < -0.3 is 10.1 Å². The maximum Gasteiger partial charge on any atom is 0.266 e. The molecule has 0 aliphatic heterocycles. The molecule has 1 aromatic heterocycles. The third kappa shape index (κ3) is 4.49. The minimum absolute atomic E-state index is 0.0766. The van der Waals surface area contributed by atoms with E-state index in [1.165, 1.54) is 10.7 Å². The van der Waals surface area contributed by atoms with Crippen LogP contribution < -0.4 is 15.6 Å². The largest absolute Gasteiger partial charge is 0.480 e. The first-order valence-corrected chi connectivity index (χ1v) is 6.56. The van der Waals surface area contributed by atoms with Crippen LogP contribution >= 0.6 is 0 Å². The van der Waals surface area contributed by atoms with Crippen molar-refractivity contribution < 1.29 is 4.74 Å². The fourth-order valence-corrected chi connectivity index (χ4v) is 1.93. The lowest BCUT2D eigenvalue weighted by molar-refractivity contribution is 0.368. The van der Waals surface area contributed by atoms with Crippen LogP contribution in [0.4, 0.5) is 0 Å². The fraction of sp³-hybridized carbons (Fsp3) is 0.692. The van der Waals surface area contributed by atoms with Gasteiger partial charge >= 0.3 is 0 Å². The molecule has 5 heteroatoms. The van der Waals surface area contributed by atoms with Gasteiger partial charge in [0.2, 0.25) is 5.88 Å². The molecule has 0 spiro atoms. The topological polar surface area (TPSA) is 56.1 Å². The van der Waals surface area contributed by atoms with Gasteiger partial charge in [0.15, 0.2) is 0 Å². The molecule has 1 atom stereocenters. The molecule has 0 radical (unpaired) electrons. The van der Waals surface area contributed by atoms with Gasteiger partial charge in [0.25, 0.3) is 5.56 Å². The molecule has 1 aromatic rings. The van der Waals surface area contributed by atoms with Crippen molar-refractivity contribution in [3.05, 3.63) is 22.5 Å². The van der Waals surface area contributed by atoms with Crippen molar-refractivity contribution in [3.8, 4) is 5.88 Å². The van der Waals surface area contributed by atoms with E-state index in [4.69, 9.17) is 4.74 Å². The minimum Gasteiger partial charge on any atom is -0.480 e. The van der Waals surface area contributed by atoms with Gasteiger partial charge in [-0.25, -0.2) is 4.68 Å². The van der Waals surface area contributed by atoms with Crippen LogP contribution in [0.3, 0.4) is 0 Å². The summed E-state index contributed by atoms with van der Waals surface area (Å²) in [7, 11) is 1.55. The van der Waals surface area contributed by atoms with E-state index in [2.05, 4.69) is 24.3 Å². The van der Waals surface area contributed by atoms with Crippen LogP contribution in [0, 0.1) is 0 Å². The number of rotatable bonds is 8. The lowest BCUT2D eigenvalue weighted by Crippen LogP contribution is -2.29. The van der Waals surface area contributed by atoms with Crippen molar-refractivity contribution in [1.82, 2.24) is 15.1 Å². The summed E-state index contributed by atoms with van der Waals surface area (Å²) in [5.41, 5.74) is -0.0766. The summed E-state index contributed by atoms with van der Waals surface area (Å²) in [5, 5.41) is 7.54. The number of hydrogen-bond donors (Lipinski definition) is 1. The van der Waals surface area contributed by atoms with E-state index in [0.29, 0.717) is 18.5 Å². The summed E-state index contributed by atoms with van der Waals surface area (Å²) < 4.78 is 6.48. The molecule has 0 bridgehead atoms. The van der Waals surface area contributed by atoms with Crippen LogP contribution in [0.25, 0.3) is 0 Å². The van der Waals surface area contributed by atoms with Gasteiger partial charge in [-0.1, -0.05) is 13.8 Å². The van der Waals surface area contributed by atoms with Crippen molar-refractivity contribution >= 4 is 0 Å². The summed E-state index contributed by atoms with van der Waals surface area (Å²) in [6, 6.07) is 3.61. The molecule has 0 aliphatic rings. The molecule has 1 N–H and O–H groups in total. The van der Waals surface area contributed by atoms with Gasteiger partial charge in [0.05, 0.1) is 7.11 Å². The number of nitrogens with one attached hydrogen (secondary N) is 1. The SMILES string of the molecule is CCNC(CC)CCCn1nc(OC)ccc1=O. The monoisotopic (exact) mass is 253 g/mol. The van der Waals surface area contributed by atoms with Gasteiger partial charge in [0, 0.05) is 24.7 Å². The van der Waals surface area contributed by atoms with Gasteiger partial charge in [-0.3, -0.25) is 4.79 Å². The Labute approximate surface area is 108 Å². The van der Waals surface area contributed by atoms with Crippen LogP contribution in [-0.4, -0.2) is 29.5 Å². The molecule has 18 heavy (non-hydrogen) atoms. The third-order valence-corrected chi connectivity index (χ3v) is 2.96. The molecular weight excluding hydrogens is 230 g/mol. The molecule has 0 aliphatic carbocycles. The minimum atomic E-state index is -0.0766. The summed E-state index contributed by atoms with van der Waals surface area (Å²) in [4.78, 5) is 11.6. The molecule has 0 saturated heterocycles. The number of nitrogens with zero attached hydrogens (tertiary/aromatic N) is 2. The predicted octanol–water partition coefficient (Wildman–Crippen LogP) is 1.42. The Bertz CT molecular complexity index is 403.